The average Bonchev–Trinajstić information content (AvgIpc) is 2.41. The zero-order chi connectivity index (χ0) is 12.1. The van der Waals surface area contributed by atoms with Crippen LogP contribution in [-0.2, 0) is 12.0 Å². The maximum absolute atomic E-state index is 10.6. The molecule has 2 nitrogen and oxygen atoms in total. The summed E-state index contributed by atoms with van der Waals surface area (Å²) in [6, 6.07) is 19.5. The fraction of sp³-hybridized carbons (Fsp3) is 0.200. The first kappa shape index (κ1) is 11.8. The molecule has 0 radical (unpaired) electrons. The third kappa shape index (κ3) is 2.73. The Hall–Kier alpha value is -1.64. The molecule has 0 heterocycles. The molecule has 0 aromatic heterocycles. The highest BCUT2D eigenvalue weighted by atomic mass is 16.3. The molecule has 88 valence electrons. The fourth-order valence-electron chi connectivity index (χ4n) is 1.97. The van der Waals surface area contributed by atoms with E-state index in [9.17, 15) is 5.11 Å². The van der Waals surface area contributed by atoms with Crippen LogP contribution in [0.5, 0.6) is 0 Å². The summed E-state index contributed by atoms with van der Waals surface area (Å²) in [5, 5.41) is 10.6. The quantitative estimate of drug-likeness (QED) is 0.840. The molecule has 2 heteroatoms. The van der Waals surface area contributed by atoms with Crippen molar-refractivity contribution < 1.29 is 5.11 Å². The van der Waals surface area contributed by atoms with E-state index >= 15 is 0 Å². The molecule has 0 aliphatic heterocycles. The van der Waals surface area contributed by atoms with Crippen LogP contribution in [0.4, 0.5) is 0 Å². The Morgan fingerprint density at radius 3 is 1.94 bits per heavy atom. The predicted octanol–water partition coefficient (Wildman–Crippen LogP) is 2.08. The molecule has 2 aromatic rings. The van der Waals surface area contributed by atoms with Gasteiger partial charge in [0, 0.05) is 13.0 Å². The van der Waals surface area contributed by atoms with Gasteiger partial charge in [0.2, 0.25) is 0 Å². The van der Waals surface area contributed by atoms with Crippen molar-refractivity contribution in [1.29, 1.82) is 0 Å². The van der Waals surface area contributed by atoms with E-state index in [4.69, 9.17) is 5.73 Å². The van der Waals surface area contributed by atoms with Gasteiger partial charge in [0.05, 0.1) is 0 Å². The Morgan fingerprint density at radius 2 is 1.41 bits per heavy atom. The van der Waals surface area contributed by atoms with E-state index in [0.717, 1.165) is 11.1 Å². The van der Waals surface area contributed by atoms with Gasteiger partial charge in [-0.3, -0.25) is 0 Å². The SMILES string of the molecule is NC[C@](O)(Cc1ccccc1)c1ccccc1. The third-order valence-electron chi connectivity index (χ3n) is 2.99. The lowest BCUT2D eigenvalue weighted by Crippen LogP contribution is -2.37. The number of hydrogen-bond donors (Lipinski definition) is 2. The number of aliphatic hydroxyl groups is 1. The number of hydrogen-bond acceptors (Lipinski definition) is 2. The van der Waals surface area contributed by atoms with E-state index in [-0.39, 0.29) is 6.54 Å². The van der Waals surface area contributed by atoms with Crippen LogP contribution < -0.4 is 5.73 Å². The molecule has 0 saturated heterocycles. The molecule has 2 rings (SSSR count). The molecule has 3 N–H and O–H groups in total. The minimum absolute atomic E-state index is 0.214. The average molecular weight is 227 g/mol. The molecule has 17 heavy (non-hydrogen) atoms. The van der Waals surface area contributed by atoms with Crippen molar-refractivity contribution in [2.45, 2.75) is 12.0 Å². The van der Waals surface area contributed by atoms with Gasteiger partial charge in [0.25, 0.3) is 0 Å². The van der Waals surface area contributed by atoms with E-state index in [1.54, 1.807) is 0 Å². The first-order valence-corrected chi connectivity index (χ1v) is 5.76. The normalized spacial score (nSPS) is 14.2. The van der Waals surface area contributed by atoms with E-state index in [2.05, 4.69) is 0 Å². The van der Waals surface area contributed by atoms with Gasteiger partial charge in [-0.2, -0.15) is 0 Å². The van der Waals surface area contributed by atoms with Gasteiger partial charge in [0.15, 0.2) is 0 Å². The molecule has 0 aliphatic carbocycles. The zero-order valence-electron chi connectivity index (χ0n) is 9.71. The summed E-state index contributed by atoms with van der Waals surface area (Å²) in [5.74, 6) is 0. The van der Waals surface area contributed by atoms with E-state index < -0.39 is 5.60 Å². The minimum Gasteiger partial charge on any atom is -0.383 e. The van der Waals surface area contributed by atoms with Crippen molar-refractivity contribution in [1.82, 2.24) is 0 Å². The molecule has 0 amide bonds. The van der Waals surface area contributed by atoms with Crippen LogP contribution >= 0.6 is 0 Å². The molecule has 0 saturated carbocycles. The monoisotopic (exact) mass is 227 g/mol. The van der Waals surface area contributed by atoms with Gasteiger partial charge < -0.3 is 10.8 Å². The maximum atomic E-state index is 10.6. The summed E-state index contributed by atoms with van der Waals surface area (Å²) < 4.78 is 0. The highest BCUT2D eigenvalue weighted by molar-refractivity contribution is 5.27. The van der Waals surface area contributed by atoms with Gasteiger partial charge in [-0.05, 0) is 11.1 Å². The Morgan fingerprint density at radius 1 is 0.882 bits per heavy atom. The first-order valence-electron chi connectivity index (χ1n) is 5.76. The van der Waals surface area contributed by atoms with Crippen LogP contribution in [-0.4, -0.2) is 11.7 Å². The van der Waals surface area contributed by atoms with Crippen molar-refractivity contribution in [3.05, 3.63) is 71.8 Å². The number of rotatable bonds is 4. The van der Waals surface area contributed by atoms with E-state index in [1.165, 1.54) is 0 Å². The zero-order valence-corrected chi connectivity index (χ0v) is 9.71. The minimum atomic E-state index is -0.984. The largest absolute Gasteiger partial charge is 0.383 e. The second kappa shape index (κ2) is 5.13. The van der Waals surface area contributed by atoms with Crippen LogP contribution in [0.3, 0.4) is 0 Å². The van der Waals surface area contributed by atoms with Gasteiger partial charge in [-0.1, -0.05) is 60.7 Å². The van der Waals surface area contributed by atoms with Gasteiger partial charge in [-0.25, -0.2) is 0 Å². The molecule has 0 unspecified atom stereocenters. The van der Waals surface area contributed by atoms with Crippen LogP contribution in [0.15, 0.2) is 60.7 Å². The van der Waals surface area contributed by atoms with Crippen LogP contribution in [0, 0.1) is 0 Å². The third-order valence-corrected chi connectivity index (χ3v) is 2.99. The van der Waals surface area contributed by atoms with E-state index in [1.807, 2.05) is 60.7 Å². The highest BCUT2D eigenvalue weighted by Crippen LogP contribution is 2.24. The van der Waals surface area contributed by atoms with Crippen molar-refractivity contribution in [3.8, 4) is 0 Å². The molecule has 0 aliphatic rings. The molecule has 0 bridgehead atoms. The summed E-state index contributed by atoms with van der Waals surface area (Å²) in [7, 11) is 0. The Kier molecular flexibility index (Phi) is 3.57. The van der Waals surface area contributed by atoms with Gasteiger partial charge in [0.1, 0.15) is 5.60 Å². The fourth-order valence-corrected chi connectivity index (χ4v) is 1.97. The molecular weight excluding hydrogens is 210 g/mol. The van der Waals surface area contributed by atoms with Crippen LogP contribution in [0.2, 0.25) is 0 Å². The Labute approximate surface area is 102 Å². The summed E-state index contributed by atoms with van der Waals surface area (Å²) >= 11 is 0. The van der Waals surface area contributed by atoms with Crippen molar-refractivity contribution >= 4 is 0 Å². The Balaban J connectivity index is 2.27. The molecular formula is C15H17NO. The predicted molar refractivity (Wildman–Crippen MR) is 69.5 cm³/mol. The summed E-state index contributed by atoms with van der Waals surface area (Å²) in [6.45, 7) is 0.214. The Bertz CT molecular complexity index is 455. The molecule has 0 spiro atoms. The second-order valence-corrected chi connectivity index (χ2v) is 4.26. The van der Waals surface area contributed by atoms with Gasteiger partial charge in [-0.15, -0.1) is 0 Å². The van der Waals surface area contributed by atoms with Gasteiger partial charge >= 0.3 is 0 Å². The van der Waals surface area contributed by atoms with Crippen molar-refractivity contribution in [2.75, 3.05) is 6.54 Å². The topological polar surface area (TPSA) is 46.2 Å². The number of nitrogens with two attached hydrogens (primary N) is 1. The second-order valence-electron chi connectivity index (χ2n) is 4.26. The summed E-state index contributed by atoms with van der Waals surface area (Å²) in [6.07, 6.45) is 0.536. The lowest BCUT2D eigenvalue weighted by molar-refractivity contribution is 0.0463. The first-order chi connectivity index (χ1) is 8.24. The van der Waals surface area contributed by atoms with Crippen LogP contribution in [0.1, 0.15) is 11.1 Å². The maximum Gasteiger partial charge on any atom is 0.106 e. The summed E-state index contributed by atoms with van der Waals surface area (Å²) in [4.78, 5) is 0. The summed E-state index contributed by atoms with van der Waals surface area (Å²) in [5.41, 5.74) is 6.71. The van der Waals surface area contributed by atoms with Crippen LogP contribution in [0.25, 0.3) is 0 Å². The smallest absolute Gasteiger partial charge is 0.106 e. The molecule has 0 fully saturated rings. The lowest BCUT2D eigenvalue weighted by Gasteiger charge is -2.27. The lowest BCUT2D eigenvalue weighted by atomic mass is 9.87. The standard InChI is InChI=1S/C15H17NO/c16-12-15(17,14-9-5-2-6-10-14)11-13-7-3-1-4-8-13/h1-10,17H,11-12,16H2/t15-/m1/s1. The molecule has 2 aromatic carbocycles. The van der Waals surface area contributed by atoms with Crippen molar-refractivity contribution in [2.24, 2.45) is 5.73 Å². The van der Waals surface area contributed by atoms with E-state index in [0.29, 0.717) is 6.42 Å². The number of benzene rings is 2. The highest BCUT2D eigenvalue weighted by Gasteiger charge is 2.27. The molecule has 1 atom stereocenters. The van der Waals surface area contributed by atoms with Crippen molar-refractivity contribution in [3.63, 3.8) is 0 Å².